The van der Waals surface area contributed by atoms with Crippen molar-refractivity contribution in [2.24, 2.45) is 10.9 Å². The Bertz CT molecular complexity index is 1170. The molecule has 3 aliphatic rings. The van der Waals surface area contributed by atoms with Crippen LogP contribution in [0.4, 0.5) is 5.69 Å². The largest absolute Gasteiger partial charge is 0.479 e. The van der Waals surface area contributed by atoms with Gasteiger partial charge in [0.15, 0.2) is 0 Å². The Balaban J connectivity index is 1.50. The molecule has 5 nitrogen and oxygen atoms in total. The number of ether oxygens (including phenoxy) is 1. The fraction of sp³-hybridized carbons (Fsp3) is 0.531. The Hall–Kier alpha value is -2.69. The Labute approximate surface area is 234 Å². The first-order valence-corrected chi connectivity index (χ1v) is 15.2. The summed E-state index contributed by atoms with van der Waals surface area (Å²) in [5.74, 6) is 3.42. The summed E-state index contributed by atoms with van der Waals surface area (Å²) in [6, 6.07) is 4.25. The van der Waals surface area contributed by atoms with E-state index in [9.17, 15) is 0 Å². The first kappa shape index (κ1) is 28.3. The van der Waals surface area contributed by atoms with Crippen molar-refractivity contribution in [3.63, 3.8) is 0 Å². The quantitative estimate of drug-likeness (QED) is 0.316. The maximum absolute atomic E-state index is 5.74. The third-order valence-corrected chi connectivity index (χ3v) is 9.16. The predicted molar refractivity (Wildman–Crippen MR) is 163 cm³/mol. The van der Waals surface area contributed by atoms with Crippen LogP contribution < -0.4 is 9.64 Å². The van der Waals surface area contributed by atoms with E-state index in [2.05, 4.69) is 80.4 Å². The monoisotopic (exact) mass is 532 g/mol. The molecule has 2 aliphatic heterocycles. The molecule has 1 aliphatic carbocycles. The van der Waals surface area contributed by atoms with E-state index in [1.165, 1.54) is 49.1 Å². The zero-order chi connectivity index (χ0) is 27.1. The van der Waals surface area contributed by atoms with E-state index < -0.39 is 0 Å². The van der Waals surface area contributed by atoms with Crippen molar-refractivity contribution in [2.75, 3.05) is 30.9 Å². The van der Waals surface area contributed by atoms with E-state index in [0.29, 0.717) is 11.8 Å². The van der Waals surface area contributed by atoms with E-state index in [4.69, 9.17) is 14.7 Å². The number of rotatable bonds is 8. The minimum Gasteiger partial charge on any atom is -0.479 e. The van der Waals surface area contributed by atoms with Gasteiger partial charge in [-0.05, 0) is 82.4 Å². The van der Waals surface area contributed by atoms with Gasteiger partial charge in [-0.2, -0.15) is 0 Å². The van der Waals surface area contributed by atoms with Gasteiger partial charge in [0.1, 0.15) is 16.6 Å². The smallest absolute Gasteiger partial charge is 0.238 e. The molecular formula is C32H44N4OS. The molecule has 0 saturated heterocycles. The summed E-state index contributed by atoms with van der Waals surface area (Å²) < 4.78 is 5.74. The molecule has 1 aromatic rings. The molecule has 2 unspecified atom stereocenters. The molecule has 3 heterocycles. The van der Waals surface area contributed by atoms with Crippen LogP contribution in [0.5, 0.6) is 5.88 Å². The molecule has 0 amide bonds. The van der Waals surface area contributed by atoms with Gasteiger partial charge in [0.25, 0.3) is 0 Å². The summed E-state index contributed by atoms with van der Waals surface area (Å²) in [5.41, 5.74) is 9.57. The van der Waals surface area contributed by atoms with E-state index in [0.717, 1.165) is 48.1 Å². The molecule has 0 saturated carbocycles. The average molecular weight is 533 g/mol. The van der Waals surface area contributed by atoms with Gasteiger partial charge in [-0.3, -0.25) is 0 Å². The zero-order valence-corrected chi connectivity index (χ0v) is 24.7. The minimum atomic E-state index is 0.226. The second-order valence-electron chi connectivity index (χ2n) is 10.7. The van der Waals surface area contributed by atoms with Crippen LogP contribution in [0.1, 0.15) is 84.3 Å². The number of aliphatic imine (C=N–C) groups is 1. The Morgan fingerprint density at radius 3 is 2.82 bits per heavy atom. The van der Waals surface area contributed by atoms with Gasteiger partial charge < -0.3 is 14.5 Å². The Kier molecular flexibility index (Phi) is 9.98. The molecule has 4 rings (SSSR count). The maximum Gasteiger partial charge on any atom is 0.238 e. The number of allylic oxidation sites excluding steroid dienone is 3. The van der Waals surface area contributed by atoms with E-state index in [-0.39, 0.29) is 5.92 Å². The number of thioether (sulfide) groups is 1. The number of amidine groups is 1. The first-order chi connectivity index (χ1) is 18.4. The number of aromatic nitrogens is 1. The lowest BCUT2D eigenvalue weighted by Crippen LogP contribution is -2.32. The Morgan fingerprint density at radius 2 is 2.05 bits per heavy atom. The highest BCUT2D eigenvalue weighted by molar-refractivity contribution is 8.03. The molecular weight excluding hydrogens is 488 g/mol. The van der Waals surface area contributed by atoms with Crippen LogP contribution in [0.25, 0.3) is 0 Å². The van der Waals surface area contributed by atoms with Crippen LogP contribution in [-0.4, -0.2) is 41.7 Å². The molecule has 38 heavy (non-hydrogen) atoms. The van der Waals surface area contributed by atoms with Crippen molar-refractivity contribution in [3.8, 4) is 5.88 Å². The molecule has 0 spiro atoms. The van der Waals surface area contributed by atoms with Crippen LogP contribution in [0.3, 0.4) is 0 Å². The van der Waals surface area contributed by atoms with E-state index in [1.54, 1.807) is 24.4 Å². The SMILES string of the molecule is C=C=C(N=C1C2=C(CCCC2)CCCN1CC)SCC(C)c1ccc(N2C=CCC(C)C(C)=C2)c(OC)n1. The van der Waals surface area contributed by atoms with Crippen molar-refractivity contribution >= 4 is 23.3 Å². The molecule has 0 radical (unpaired) electrons. The number of likely N-dealkylation sites (N-methyl/N-ethyl adjacent to an activating group) is 1. The van der Waals surface area contributed by atoms with Crippen molar-refractivity contribution in [3.05, 3.63) is 70.4 Å². The lowest BCUT2D eigenvalue weighted by molar-refractivity contribution is 0.397. The number of methoxy groups -OCH3 is 1. The van der Waals surface area contributed by atoms with Crippen molar-refractivity contribution in [1.29, 1.82) is 0 Å². The van der Waals surface area contributed by atoms with Crippen LogP contribution in [0.2, 0.25) is 0 Å². The first-order valence-electron chi connectivity index (χ1n) is 14.2. The van der Waals surface area contributed by atoms with Gasteiger partial charge >= 0.3 is 0 Å². The van der Waals surface area contributed by atoms with Gasteiger partial charge in [-0.25, -0.2) is 9.98 Å². The number of hydrogen-bond acceptors (Lipinski definition) is 5. The van der Waals surface area contributed by atoms with Crippen LogP contribution in [0, 0.1) is 5.92 Å². The molecule has 6 heteroatoms. The van der Waals surface area contributed by atoms with Crippen LogP contribution in [-0.2, 0) is 0 Å². The topological polar surface area (TPSA) is 41.0 Å². The highest BCUT2D eigenvalue weighted by atomic mass is 32.2. The molecule has 1 aromatic heterocycles. The summed E-state index contributed by atoms with van der Waals surface area (Å²) in [6.07, 6.45) is 14.9. The third-order valence-electron chi connectivity index (χ3n) is 7.98. The van der Waals surface area contributed by atoms with Gasteiger partial charge in [-0.15, -0.1) is 0 Å². The number of hydrogen-bond donors (Lipinski definition) is 0. The van der Waals surface area contributed by atoms with Crippen LogP contribution in [0.15, 0.2) is 69.7 Å². The van der Waals surface area contributed by atoms with Crippen molar-refractivity contribution < 1.29 is 4.74 Å². The fourth-order valence-electron chi connectivity index (χ4n) is 5.42. The Morgan fingerprint density at radius 1 is 1.26 bits per heavy atom. The second-order valence-corrected chi connectivity index (χ2v) is 11.7. The van der Waals surface area contributed by atoms with E-state index in [1.807, 2.05) is 0 Å². The van der Waals surface area contributed by atoms with Crippen molar-refractivity contribution in [1.82, 2.24) is 9.88 Å². The zero-order valence-electron chi connectivity index (χ0n) is 23.9. The molecule has 0 bridgehead atoms. The highest BCUT2D eigenvalue weighted by Crippen LogP contribution is 2.35. The summed E-state index contributed by atoms with van der Waals surface area (Å²) >= 11 is 1.72. The standard InChI is InChI=1S/C32H44N4OS/c1-7-30(34-31-27-16-10-9-14-26(27)15-12-19-35(31)8-2)38-22-25(5)28-17-18-29(32(33-28)37-6)36-20-11-13-23(3)24(4)21-36/h11,17-18,20-21,23,25H,1,8-10,12-16,19,22H2,2-6H3. The molecule has 2 atom stereocenters. The van der Waals surface area contributed by atoms with E-state index >= 15 is 0 Å². The molecule has 204 valence electrons. The predicted octanol–water partition coefficient (Wildman–Crippen LogP) is 8.20. The molecule has 0 N–H and O–H groups in total. The maximum atomic E-state index is 5.74. The highest BCUT2D eigenvalue weighted by Gasteiger charge is 2.25. The summed E-state index contributed by atoms with van der Waals surface area (Å²) in [7, 11) is 1.70. The van der Waals surface area contributed by atoms with Crippen LogP contribution >= 0.6 is 11.8 Å². The van der Waals surface area contributed by atoms with Gasteiger partial charge in [0.2, 0.25) is 5.88 Å². The molecule has 0 fully saturated rings. The summed E-state index contributed by atoms with van der Waals surface area (Å²) in [5, 5.41) is 0.873. The van der Waals surface area contributed by atoms with Gasteiger partial charge in [0, 0.05) is 42.9 Å². The third kappa shape index (κ3) is 6.65. The minimum absolute atomic E-state index is 0.226. The normalized spacial score (nSPS) is 21.9. The average Bonchev–Trinajstić information content (AvgIpc) is 3.23. The number of anilines is 1. The second kappa shape index (κ2) is 13.4. The molecule has 0 aromatic carbocycles. The number of pyridine rings is 1. The lowest BCUT2D eigenvalue weighted by atomic mass is 9.89. The number of nitrogens with zero attached hydrogens (tertiary/aromatic N) is 4. The van der Waals surface area contributed by atoms with Crippen molar-refractivity contribution in [2.45, 2.75) is 78.6 Å². The van der Waals surface area contributed by atoms with Gasteiger partial charge in [0.05, 0.1) is 7.11 Å². The fourth-order valence-corrected chi connectivity index (χ4v) is 6.25. The van der Waals surface area contributed by atoms with Gasteiger partial charge in [-0.1, -0.05) is 55.1 Å². The summed E-state index contributed by atoms with van der Waals surface area (Å²) in [4.78, 5) is 14.7. The summed E-state index contributed by atoms with van der Waals surface area (Å²) in [6.45, 7) is 14.9. The lowest BCUT2D eigenvalue weighted by Gasteiger charge is -2.27.